The van der Waals surface area contributed by atoms with Gasteiger partial charge in [0, 0.05) is 6.20 Å². The number of hydrogen-bond acceptors (Lipinski definition) is 9. The van der Waals surface area contributed by atoms with Crippen LogP contribution in [-0.4, -0.2) is 38.3 Å². The predicted molar refractivity (Wildman–Crippen MR) is 115 cm³/mol. The maximum absolute atomic E-state index is 12.4. The fourth-order valence-corrected chi connectivity index (χ4v) is 4.14. The SMILES string of the molecule is CCOC(=O)c1sc2nc(COC(=O)c3cnn(-c4ccccc4)c3)nc(N)c2c1C. The molecule has 4 aromatic rings. The number of nitrogens with two attached hydrogens (primary N) is 1. The third kappa shape index (κ3) is 4.10. The molecule has 2 N–H and O–H groups in total. The molecule has 0 aliphatic heterocycles. The minimum Gasteiger partial charge on any atom is -0.462 e. The smallest absolute Gasteiger partial charge is 0.348 e. The Balaban J connectivity index is 1.51. The van der Waals surface area contributed by atoms with Crippen molar-refractivity contribution in [3.05, 3.63) is 64.6 Å². The van der Waals surface area contributed by atoms with E-state index >= 15 is 0 Å². The largest absolute Gasteiger partial charge is 0.462 e. The Bertz CT molecular complexity index is 1270. The first-order chi connectivity index (χ1) is 15.0. The van der Waals surface area contributed by atoms with E-state index in [1.807, 2.05) is 30.3 Å². The van der Waals surface area contributed by atoms with Crippen molar-refractivity contribution >= 4 is 39.3 Å². The van der Waals surface area contributed by atoms with Gasteiger partial charge in [0.2, 0.25) is 0 Å². The highest BCUT2D eigenvalue weighted by atomic mass is 32.1. The number of para-hydroxylation sites is 1. The molecular formula is C21H19N5O4S. The first-order valence-corrected chi connectivity index (χ1v) is 10.3. The van der Waals surface area contributed by atoms with E-state index in [9.17, 15) is 9.59 Å². The van der Waals surface area contributed by atoms with Gasteiger partial charge in [-0.2, -0.15) is 5.10 Å². The second kappa shape index (κ2) is 8.52. The van der Waals surface area contributed by atoms with Gasteiger partial charge < -0.3 is 15.2 Å². The normalized spacial score (nSPS) is 10.9. The molecule has 0 fully saturated rings. The van der Waals surface area contributed by atoms with E-state index in [4.69, 9.17) is 15.2 Å². The molecular weight excluding hydrogens is 418 g/mol. The number of aromatic nitrogens is 4. The maximum atomic E-state index is 12.4. The van der Waals surface area contributed by atoms with E-state index in [0.717, 1.165) is 5.69 Å². The van der Waals surface area contributed by atoms with Gasteiger partial charge in [0.15, 0.2) is 12.4 Å². The summed E-state index contributed by atoms with van der Waals surface area (Å²) in [5, 5.41) is 4.79. The highest BCUT2D eigenvalue weighted by molar-refractivity contribution is 7.20. The molecule has 31 heavy (non-hydrogen) atoms. The fourth-order valence-electron chi connectivity index (χ4n) is 3.04. The zero-order valence-electron chi connectivity index (χ0n) is 16.9. The van der Waals surface area contributed by atoms with Gasteiger partial charge >= 0.3 is 11.9 Å². The van der Waals surface area contributed by atoms with E-state index in [2.05, 4.69) is 15.1 Å². The first-order valence-electron chi connectivity index (χ1n) is 9.47. The van der Waals surface area contributed by atoms with Gasteiger partial charge in [-0.05, 0) is 31.5 Å². The number of rotatable bonds is 6. The Hall–Kier alpha value is -3.79. The average molecular weight is 437 g/mol. The summed E-state index contributed by atoms with van der Waals surface area (Å²) in [5.74, 6) is -0.521. The van der Waals surface area contributed by atoms with Crippen LogP contribution in [0.2, 0.25) is 0 Å². The Morgan fingerprint density at radius 2 is 1.90 bits per heavy atom. The van der Waals surface area contributed by atoms with E-state index < -0.39 is 11.9 Å². The molecule has 10 heteroatoms. The average Bonchev–Trinajstić information content (AvgIpc) is 3.38. The molecule has 0 radical (unpaired) electrons. The number of anilines is 1. The van der Waals surface area contributed by atoms with E-state index in [0.29, 0.717) is 26.2 Å². The van der Waals surface area contributed by atoms with Crippen molar-refractivity contribution in [2.75, 3.05) is 12.3 Å². The lowest BCUT2D eigenvalue weighted by atomic mass is 10.2. The number of carbonyl (C=O) groups excluding carboxylic acids is 2. The molecule has 0 atom stereocenters. The number of carbonyl (C=O) groups is 2. The predicted octanol–water partition coefficient (Wildman–Crippen LogP) is 3.30. The molecule has 0 unspecified atom stereocenters. The summed E-state index contributed by atoms with van der Waals surface area (Å²) in [6.07, 6.45) is 3.02. The third-order valence-electron chi connectivity index (χ3n) is 4.50. The standard InChI is InChI=1S/C21H19N5O4S/c1-3-29-21(28)17-12(2)16-18(22)24-15(25-19(16)31-17)11-30-20(27)13-9-23-26(10-13)14-7-5-4-6-8-14/h4-10H,3,11H2,1-2H3,(H2,22,24,25). The fraction of sp³-hybridized carbons (Fsp3) is 0.190. The third-order valence-corrected chi connectivity index (χ3v) is 5.66. The van der Waals surface area contributed by atoms with Crippen LogP contribution in [-0.2, 0) is 16.1 Å². The van der Waals surface area contributed by atoms with E-state index in [-0.39, 0.29) is 24.9 Å². The molecule has 3 aromatic heterocycles. The Labute approximate surface area is 181 Å². The van der Waals surface area contributed by atoms with Crippen molar-refractivity contribution < 1.29 is 19.1 Å². The lowest BCUT2D eigenvalue weighted by Gasteiger charge is -2.04. The molecule has 0 bridgehead atoms. The molecule has 0 saturated carbocycles. The zero-order chi connectivity index (χ0) is 22.0. The van der Waals surface area contributed by atoms with Crippen molar-refractivity contribution in [1.29, 1.82) is 0 Å². The Morgan fingerprint density at radius 1 is 1.13 bits per heavy atom. The molecule has 0 saturated heterocycles. The number of aryl methyl sites for hydroxylation is 1. The molecule has 0 amide bonds. The number of thiophene rings is 1. The highest BCUT2D eigenvalue weighted by Gasteiger charge is 2.21. The molecule has 0 spiro atoms. The van der Waals surface area contributed by atoms with Crippen LogP contribution in [0.1, 0.15) is 38.3 Å². The number of fused-ring (bicyclic) bond motifs is 1. The molecule has 1 aromatic carbocycles. The van der Waals surface area contributed by atoms with Gasteiger partial charge in [-0.25, -0.2) is 24.2 Å². The lowest BCUT2D eigenvalue weighted by molar-refractivity contribution is 0.0461. The quantitative estimate of drug-likeness (QED) is 0.456. The van der Waals surface area contributed by atoms with Gasteiger partial charge in [0.1, 0.15) is 15.5 Å². The van der Waals surface area contributed by atoms with Crippen LogP contribution in [0.4, 0.5) is 5.82 Å². The highest BCUT2D eigenvalue weighted by Crippen LogP contribution is 2.33. The van der Waals surface area contributed by atoms with Crippen molar-refractivity contribution in [1.82, 2.24) is 19.7 Å². The summed E-state index contributed by atoms with van der Waals surface area (Å²) in [4.78, 5) is 34.1. The summed E-state index contributed by atoms with van der Waals surface area (Å²) in [6.45, 7) is 3.62. The van der Waals surface area contributed by atoms with Crippen LogP contribution in [0.3, 0.4) is 0 Å². The number of ether oxygens (including phenoxy) is 2. The number of nitrogens with zero attached hydrogens (tertiary/aromatic N) is 4. The maximum Gasteiger partial charge on any atom is 0.348 e. The Kier molecular flexibility index (Phi) is 5.63. The number of nitrogen functional groups attached to an aromatic ring is 1. The van der Waals surface area contributed by atoms with Gasteiger partial charge in [0.05, 0.1) is 29.4 Å². The van der Waals surface area contributed by atoms with E-state index in [1.54, 1.807) is 24.7 Å². The summed E-state index contributed by atoms with van der Waals surface area (Å²) in [5.41, 5.74) is 7.88. The number of hydrogen-bond donors (Lipinski definition) is 1. The van der Waals surface area contributed by atoms with Crippen LogP contribution in [0, 0.1) is 6.92 Å². The number of benzene rings is 1. The molecule has 3 heterocycles. The molecule has 4 rings (SSSR count). The van der Waals surface area contributed by atoms with Crippen LogP contribution < -0.4 is 5.73 Å². The minimum absolute atomic E-state index is 0.165. The summed E-state index contributed by atoms with van der Waals surface area (Å²) >= 11 is 1.17. The van der Waals surface area contributed by atoms with Crippen LogP contribution >= 0.6 is 11.3 Å². The number of esters is 2. The van der Waals surface area contributed by atoms with Crippen molar-refractivity contribution in [3.8, 4) is 5.69 Å². The van der Waals surface area contributed by atoms with Crippen LogP contribution in [0.25, 0.3) is 15.9 Å². The monoisotopic (exact) mass is 437 g/mol. The first kappa shape index (κ1) is 20.5. The summed E-state index contributed by atoms with van der Waals surface area (Å²) < 4.78 is 12.0. The van der Waals surface area contributed by atoms with Gasteiger partial charge in [-0.15, -0.1) is 11.3 Å². The lowest BCUT2D eigenvalue weighted by Crippen LogP contribution is -2.08. The van der Waals surface area contributed by atoms with Crippen molar-refractivity contribution in [3.63, 3.8) is 0 Å². The molecule has 158 valence electrons. The Morgan fingerprint density at radius 3 is 2.65 bits per heavy atom. The van der Waals surface area contributed by atoms with Crippen molar-refractivity contribution in [2.24, 2.45) is 0 Å². The van der Waals surface area contributed by atoms with Gasteiger partial charge in [0.25, 0.3) is 0 Å². The molecule has 0 aliphatic rings. The van der Waals surface area contributed by atoms with Gasteiger partial charge in [-0.1, -0.05) is 18.2 Å². The zero-order valence-corrected chi connectivity index (χ0v) is 17.7. The second-order valence-corrected chi connectivity index (χ2v) is 7.57. The minimum atomic E-state index is -0.556. The van der Waals surface area contributed by atoms with Crippen LogP contribution in [0.15, 0.2) is 42.7 Å². The summed E-state index contributed by atoms with van der Waals surface area (Å²) in [6, 6.07) is 9.41. The molecule has 9 nitrogen and oxygen atoms in total. The van der Waals surface area contributed by atoms with Crippen molar-refractivity contribution in [2.45, 2.75) is 20.5 Å². The van der Waals surface area contributed by atoms with Gasteiger partial charge in [-0.3, -0.25) is 0 Å². The summed E-state index contributed by atoms with van der Waals surface area (Å²) in [7, 11) is 0. The molecule has 0 aliphatic carbocycles. The van der Waals surface area contributed by atoms with E-state index in [1.165, 1.54) is 17.5 Å². The topological polar surface area (TPSA) is 122 Å². The second-order valence-electron chi connectivity index (χ2n) is 6.57. The van der Waals surface area contributed by atoms with Crippen LogP contribution in [0.5, 0.6) is 0 Å².